The molecule has 15 nitrogen and oxygen atoms in total. The molecule has 3 aromatic rings. The Labute approximate surface area is 288 Å². The van der Waals surface area contributed by atoms with Gasteiger partial charge in [0.1, 0.15) is 30.6 Å². The number of ether oxygens (including phenoxy) is 2. The van der Waals surface area contributed by atoms with E-state index >= 15 is 0 Å². The van der Waals surface area contributed by atoms with Crippen molar-refractivity contribution in [3.05, 3.63) is 63.0 Å². The van der Waals surface area contributed by atoms with E-state index in [4.69, 9.17) is 9.47 Å². The number of aliphatic hydroxyl groups is 1. The predicted octanol–water partition coefficient (Wildman–Crippen LogP) is -0.299. The van der Waals surface area contributed by atoms with Crippen LogP contribution in [0.2, 0.25) is 0 Å². The standard InChI is InChI=1S/C30H31N5O10S2.ClH/c1-14-21(24(28(38)39)34-23(14)22(15(2)36)25(34)37)20-11-31-13-33(27(46-4)26(31)47-20)18-9-19(29(40)44-3)32(10-18)30(41)45-12-16-5-7-17(8-6-16)35(42)43;/h5-8,11,13-15,18-19,22-23,36H,9-10,12H2,1-4H3;1H/t14-,15+,18?,19?,22+,23+;/m0./s1. The van der Waals surface area contributed by atoms with Crippen molar-refractivity contribution in [2.24, 2.45) is 11.8 Å². The fourth-order valence-corrected chi connectivity index (χ4v) is 9.12. The number of thiazole rings is 1. The highest BCUT2D eigenvalue weighted by atomic mass is 35.5. The number of aliphatic carboxylic acids is 1. The lowest BCUT2D eigenvalue weighted by Gasteiger charge is -2.46. The van der Waals surface area contributed by atoms with Crippen LogP contribution in [0.25, 0.3) is 10.4 Å². The first-order valence-electron chi connectivity index (χ1n) is 14.7. The number of hydrogen-bond acceptors (Lipinski definition) is 11. The Hall–Kier alpha value is -4.19. The molecule has 6 rings (SSSR count). The molecule has 0 radical (unpaired) electrons. The predicted molar refractivity (Wildman–Crippen MR) is 166 cm³/mol. The van der Waals surface area contributed by atoms with Crippen molar-refractivity contribution in [3.63, 3.8) is 0 Å². The highest BCUT2D eigenvalue weighted by molar-refractivity contribution is 7.98. The average Bonchev–Trinajstić information content (AvgIpc) is 3.78. The van der Waals surface area contributed by atoms with Crippen LogP contribution in [0.4, 0.5) is 10.5 Å². The smallest absolute Gasteiger partial charge is 0.411 e. The summed E-state index contributed by atoms with van der Waals surface area (Å²) in [6.07, 6.45) is 4.18. The number of halogens is 1. The first-order chi connectivity index (χ1) is 22.4. The Morgan fingerprint density at radius 2 is 1.94 bits per heavy atom. The topological polar surface area (TPSA) is 185 Å². The van der Waals surface area contributed by atoms with Crippen molar-refractivity contribution in [3.8, 4) is 0 Å². The SMILES string of the molecule is COC(=O)C1CC([n+]2cn3cc(C4=C(C(=O)O)N5C(=O)[C@H]([C@@H](C)O)[C@H]5[C@H]4C)sc3c2SC)CN1C(=O)OCc1ccc([N+](=O)[O-])cc1.[Cl-]. The number of carbonyl (C=O) groups excluding carboxylic acids is 3. The van der Waals surface area contributed by atoms with Crippen LogP contribution in [0.5, 0.6) is 0 Å². The number of β-lactam (4-membered cyclic amide) rings is 1. The lowest BCUT2D eigenvalue weighted by atomic mass is 9.77. The van der Waals surface area contributed by atoms with Crippen molar-refractivity contribution >= 4 is 63.1 Å². The van der Waals surface area contributed by atoms with Gasteiger partial charge in [0.05, 0.1) is 41.5 Å². The monoisotopic (exact) mass is 721 g/mol. The molecule has 5 heterocycles. The van der Waals surface area contributed by atoms with Crippen LogP contribution in [0.15, 0.2) is 47.5 Å². The molecule has 48 heavy (non-hydrogen) atoms. The van der Waals surface area contributed by atoms with E-state index in [0.29, 0.717) is 16.0 Å². The number of methoxy groups -OCH3 is 1. The molecule has 2 fully saturated rings. The van der Waals surface area contributed by atoms with Gasteiger partial charge >= 0.3 is 18.0 Å². The number of amides is 2. The quantitative estimate of drug-likeness (QED) is 0.0739. The van der Waals surface area contributed by atoms with Gasteiger partial charge in [-0.05, 0) is 30.9 Å². The second kappa shape index (κ2) is 13.4. The number of thioether (sulfide) groups is 1. The lowest BCUT2D eigenvalue weighted by molar-refractivity contribution is -0.751. The van der Waals surface area contributed by atoms with Gasteiger partial charge < -0.3 is 37.0 Å². The third-order valence-electron chi connectivity index (χ3n) is 9.09. The summed E-state index contributed by atoms with van der Waals surface area (Å²) < 4.78 is 14.3. The van der Waals surface area contributed by atoms with Gasteiger partial charge in [0, 0.05) is 30.0 Å². The van der Waals surface area contributed by atoms with Crippen molar-refractivity contribution in [1.82, 2.24) is 14.2 Å². The number of imidazole rings is 1. The van der Waals surface area contributed by atoms with Crippen LogP contribution in [0.1, 0.15) is 36.8 Å². The van der Waals surface area contributed by atoms with Gasteiger partial charge in [0.15, 0.2) is 0 Å². The number of benzene rings is 1. The third kappa shape index (κ3) is 5.67. The minimum Gasteiger partial charge on any atom is -1.00 e. The first kappa shape index (κ1) is 35.1. The summed E-state index contributed by atoms with van der Waals surface area (Å²) in [7, 11) is 1.25. The van der Waals surface area contributed by atoms with E-state index in [1.807, 2.05) is 34.7 Å². The number of rotatable bonds is 9. The number of nitro benzene ring substituents is 1. The summed E-state index contributed by atoms with van der Waals surface area (Å²) in [5.41, 5.74) is 0.938. The minimum absolute atomic E-state index is 0. The van der Waals surface area contributed by atoms with Crippen molar-refractivity contribution in [1.29, 1.82) is 0 Å². The van der Waals surface area contributed by atoms with E-state index in [1.165, 1.54) is 71.2 Å². The highest BCUT2D eigenvalue weighted by Crippen LogP contribution is 2.51. The van der Waals surface area contributed by atoms with Gasteiger partial charge in [-0.25, -0.2) is 19.0 Å². The molecule has 0 aliphatic carbocycles. The number of carbonyl (C=O) groups is 4. The fraction of sp³-hybridized carbons (Fsp3) is 0.433. The summed E-state index contributed by atoms with van der Waals surface area (Å²) in [5, 5.41) is 32.1. The molecule has 2 aromatic heterocycles. The molecule has 1 aromatic carbocycles. The number of carboxylic acids is 1. The van der Waals surface area contributed by atoms with Crippen LogP contribution in [0, 0.1) is 22.0 Å². The molecule has 0 saturated carbocycles. The molecule has 2 amide bonds. The van der Waals surface area contributed by atoms with Gasteiger partial charge in [-0.2, -0.15) is 4.40 Å². The highest BCUT2D eigenvalue weighted by Gasteiger charge is 2.60. The summed E-state index contributed by atoms with van der Waals surface area (Å²) in [6, 6.07) is 3.95. The van der Waals surface area contributed by atoms with E-state index in [0.717, 1.165) is 9.86 Å². The molecule has 3 aliphatic heterocycles. The zero-order valence-corrected chi connectivity index (χ0v) is 28.5. The van der Waals surface area contributed by atoms with E-state index in [-0.39, 0.29) is 55.3 Å². The number of aromatic nitrogens is 2. The van der Waals surface area contributed by atoms with Crippen molar-refractivity contribution < 1.29 is 60.8 Å². The van der Waals surface area contributed by atoms with Gasteiger partial charge in [-0.15, -0.1) is 0 Å². The lowest BCUT2D eigenvalue weighted by Crippen LogP contribution is -3.00. The maximum absolute atomic E-state index is 13.2. The van der Waals surface area contributed by atoms with Crippen LogP contribution in [0.3, 0.4) is 0 Å². The van der Waals surface area contributed by atoms with E-state index in [1.54, 1.807) is 0 Å². The van der Waals surface area contributed by atoms with Crippen LogP contribution in [-0.2, 0) is 30.5 Å². The van der Waals surface area contributed by atoms with Gasteiger partial charge in [0.2, 0.25) is 15.8 Å². The zero-order chi connectivity index (χ0) is 33.9. The number of aliphatic hydroxyl groups excluding tert-OH is 1. The average molecular weight is 722 g/mol. The molecule has 2 N–H and O–H groups in total. The number of carboxylic acid groups (broad SMARTS) is 1. The van der Waals surface area contributed by atoms with E-state index < -0.39 is 53.0 Å². The number of nitro groups is 1. The minimum atomic E-state index is -1.20. The number of non-ortho nitro benzene ring substituents is 1. The molecular weight excluding hydrogens is 690 g/mol. The maximum Gasteiger partial charge on any atom is 0.411 e. The molecule has 18 heteroatoms. The third-order valence-corrected chi connectivity index (χ3v) is 11.1. The summed E-state index contributed by atoms with van der Waals surface area (Å²) in [4.78, 5) is 65.7. The Balaban J connectivity index is 0.00000451. The molecule has 0 bridgehead atoms. The van der Waals surface area contributed by atoms with Crippen LogP contribution >= 0.6 is 23.1 Å². The van der Waals surface area contributed by atoms with Gasteiger partial charge in [-0.3, -0.25) is 19.8 Å². The molecule has 0 spiro atoms. The van der Waals surface area contributed by atoms with Crippen molar-refractivity contribution in [2.75, 3.05) is 19.9 Å². The normalized spacial score (nSPS) is 23.9. The second-order valence-corrected chi connectivity index (χ2v) is 13.5. The second-order valence-electron chi connectivity index (χ2n) is 11.7. The number of nitrogens with zero attached hydrogens (tertiary/aromatic N) is 5. The Bertz CT molecular complexity index is 1840. The van der Waals surface area contributed by atoms with E-state index in [2.05, 4.69) is 0 Å². The molecule has 3 aliphatic rings. The molecular formula is C30H32ClN5O10S2. The summed E-state index contributed by atoms with van der Waals surface area (Å²) in [5.74, 6) is -3.17. The summed E-state index contributed by atoms with van der Waals surface area (Å²) >= 11 is 2.84. The summed E-state index contributed by atoms with van der Waals surface area (Å²) in [6.45, 7) is 3.41. The largest absolute Gasteiger partial charge is 1.00 e. The van der Waals surface area contributed by atoms with Gasteiger partial charge in [0.25, 0.3) is 12.0 Å². The van der Waals surface area contributed by atoms with Gasteiger partial charge in [-0.1, -0.05) is 30.0 Å². The molecule has 256 valence electrons. The Morgan fingerprint density at radius 3 is 2.52 bits per heavy atom. The number of likely N-dealkylation sites (tertiary alicyclic amines) is 1. The van der Waals surface area contributed by atoms with Crippen LogP contribution < -0.4 is 17.0 Å². The molecule has 2 saturated heterocycles. The fourth-order valence-electron chi connectivity index (χ4n) is 6.89. The zero-order valence-electron chi connectivity index (χ0n) is 26.1. The molecule has 2 unspecified atom stereocenters. The van der Waals surface area contributed by atoms with Crippen LogP contribution in [-0.4, -0.2) is 91.4 Å². The number of esters is 1. The Kier molecular flexibility index (Phi) is 9.79. The number of fused-ring (bicyclic) bond motifs is 2. The maximum atomic E-state index is 13.2. The molecule has 6 atom stereocenters. The first-order valence-corrected chi connectivity index (χ1v) is 16.7. The van der Waals surface area contributed by atoms with Crippen molar-refractivity contribution in [2.45, 2.75) is 56.1 Å². The van der Waals surface area contributed by atoms with E-state index in [9.17, 15) is 39.5 Å². The number of hydrogen-bond donors (Lipinski definition) is 2. The Morgan fingerprint density at radius 1 is 1.25 bits per heavy atom.